The first-order valence-electron chi connectivity index (χ1n) is 9.46. The fourth-order valence-corrected chi connectivity index (χ4v) is 3.23. The van der Waals surface area contributed by atoms with E-state index in [9.17, 15) is 9.18 Å². The van der Waals surface area contributed by atoms with E-state index in [1.165, 1.54) is 6.07 Å². The lowest BCUT2D eigenvalue weighted by Crippen LogP contribution is -2.49. The number of aromatic nitrogens is 2. The predicted molar refractivity (Wildman–Crippen MR) is 107 cm³/mol. The van der Waals surface area contributed by atoms with Gasteiger partial charge < -0.3 is 9.64 Å². The molecule has 2 heterocycles. The van der Waals surface area contributed by atoms with Crippen LogP contribution in [0.1, 0.15) is 5.56 Å². The smallest absolute Gasteiger partial charge is 0.323 e. The van der Waals surface area contributed by atoms with Crippen molar-refractivity contribution in [3.63, 3.8) is 0 Å². The van der Waals surface area contributed by atoms with Crippen molar-refractivity contribution in [1.29, 1.82) is 0 Å². The molecule has 0 atom stereocenters. The Labute approximate surface area is 168 Å². The molecular formula is C21H22FN5O2. The maximum Gasteiger partial charge on any atom is 0.323 e. The zero-order valence-electron chi connectivity index (χ0n) is 15.8. The SMILES string of the molecule is O=C(Nc1ccn[nH]1)N1CCN(Cc2ccc(F)c(Oc3ccccc3)c2)CC1. The Morgan fingerprint density at radius 2 is 1.90 bits per heavy atom. The van der Waals surface area contributed by atoms with Crippen LogP contribution in [0.3, 0.4) is 0 Å². The molecule has 2 aromatic carbocycles. The van der Waals surface area contributed by atoms with Crippen molar-refractivity contribution in [3.8, 4) is 11.5 Å². The average molecular weight is 395 g/mol. The summed E-state index contributed by atoms with van der Waals surface area (Å²) < 4.78 is 19.8. The van der Waals surface area contributed by atoms with Crippen molar-refractivity contribution in [2.75, 3.05) is 31.5 Å². The van der Waals surface area contributed by atoms with Gasteiger partial charge in [0.2, 0.25) is 0 Å². The van der Waals surface area contributed by atoms with Crippen LogP contribution in [0.25, 0.3) is 0 Å². The van der Waals surface area contributed by atoms with Gasteiger partial charge in [0.05, 0.1) is 6.20 Å². The number of ether oxygens (including phenoxy) is 1. The fourth-order valence-electron chi connectivity index (χ4n) is 3.23. The Kier molecular flexibility index (Phi) is 5.71. The lowest BCUT2D eigenvalue weighted by atomic mass is 10.1. The number of urea groups is 1. The summed E-state index contributed by atoms with van der Waals surface area (Å²) in [7, 11) is 0. The third-order valence-corrected chi connectivity index (χ3v) is 4.77. The summed E-state index contributed by atoms with van der Waals surface area (Å²) in [5.41, 5.74) is 0.965. The Morgan fingerprint density at radius 1 is 1.10 bits per heavy atom. The summed E-state index contributed by atoms with van der Waals surface area (Å²) in [6.45, 7) is 3.38. The highest BCUT2D eigenvalue weighted by Crippen LogP contribution is 2.26. The number of aromatic amines is 1. The maximum atomic E-state index is 14.1. The topological polar surface area (TPSA) is 73.5 Å². The number of nitrogens with one attached hydrogen (secondary N) is 2. The molecule has 1 aromatic heterocycles. The zero-order valence-corrected chi connectivity index (χ0v) is 15.8. The Hall–Kier alpha value is -3.39. The summed E-state index contributed by atoms with van der Waals surface area (Å²) in [6, 6.07) is 15.7. The van der Waals surface area contributed by atoms with E-state index in [4.69, 9.17) is 4.74 Å². The molecule has 0 saturated carbocycles. The molecule has 0 radical (unpaired) electrons. The lowest BCUT2D eigenvalue weighted by molar-refractivity contribution is 0.143. The normalized spacial score (nSPS) is 14.6. The second-order valence-corrected chi connectivity index (χ2v) is 6.84. The standard InChI is InChI=1S/C21H22FN5O2/c22-18-7-6-16(14-19(18)29-17-4-2-1-3-5-17)15-26-10-12-27(13-11-26)21(28)24-20-8-9-23-25-20/h1-9,14H,10-13,15H2,(H2,23,24,25,28). The van der Waals surface area contributed by atoms with E-state index in [0.29, 0.717) is 31.2 Å². The van der Waals surface area contributed by atoms with Crippen LogP contribution in [0, 0.1) is 5.82 Å². The Morgan fingerprint density at radius 3 is 2.62 bits per heavy atom. The second-order valence-electron chi connectivity index (χ2n) is 6.84. The number of nitrogens with zero attached hydrogens (tertiary/aromatic N) is 3. The number of anilines is 1. The molecule has 1 aliphatic rings. The third-order valence-electron chi connectivity index (χ3n) is 4.77. The Bertz CT molecular complexity index is 941. The summed E-state index contributed by atoms with van der Waals surface area (Å²) >= 11 is 0. The summed E-state index contributed by atoms with van der Waals surface area (Å²) in [5.74, 6) is 0.999. The molecule has 0 aliphatic carbocycles. The molecule has 8 heteroatoms. The number of hydrogen-bond acceptors (Lipinski definition) is 4. The van der Waals surface area contributed by atoms with Gasteiger partial charge in [-0.1, -0.05) is 24.3 Å². The molecule has 0 unspecified atom stereocenters. The van der Waals surface area contributed by atoms with Gasteiger partial charge in [0.25, 0.3) is 0 Å². The molecule has 0 spiro atoms. The quantitative estimate of drug-likeness (QED) is 0.691. The van der Waals surface area contributed by atoms with E-state index < -0.39 is 5.82 Å². The largest absolute Gasteiger partial charge is 0.454 e. The average Bonchev–Trinajstić information content (AvgIpc) is 3.25. The van der Waals surface area contributed by atoms with Crippen LogP contribution in [0.4, 0.5) is 15.0 Å². The first kappa shape index (κ1) is 18.9. The van der Waals surface area contributed by atoms with Crippen LogP contribution in [0.2, 0.25) is 0 Å². The van der Waals surface area contributed by atoms with Crippen LogP contribution in [-0.4, -0.2) is 52.2 Å². The highest BCUT2D eigenvalue weighted by molar-refractivity contribution is 5.88. The van der Waals surface area contributed by atoms with Gasteiger partial charge in [-0.3, -0.25) is 15.3 Å². The minimum absolute atomic E-state index is 0.144. The first-order chi connectivity index (χ1) is 14.2. The van der Waals surface area contributed by atoms with E-state index in [2.05, 4.69) is 20.4 Å². The number of para-hydroxylation sites is 1. The number of amides is 2. The third kappa shape index (κ3) is 4.91. The van der Waals surface area contributed by atoms with E-state index >= 15 is 0 Å². The van der Waals surface area contributed by atoms with Crippen molar-refractivity contribution in [1.82, 2.24) is 20.0 Å². The van der Waals surface area contributed by atoms with E-state index in [-0.39, 0.29) is 11.8 Å². The van der Waals surface area contributed by atoms with E-state index in [0.717, 1.165) is 18.7 Å². The number of H-pyrrole nitrogens is 1. The molecule has 1 aliphatic heterocycles. The van der Waals surface area contributed by atoms with Gasteiger partial charge in [-0.15, -0.1) is 0 Å². The van der Waals surface area contributed by atoms with Gasteiger partial charge in [0, 0.05) is 38.8 Å². The lowest BCUT2D eigenvalue weighted by Gasteiger charge is -2.34. The van der Waals surface area contributed by atoms with Crippen LogP contribution in [0.15, 0.2) is 60.8 Å². The number of piperazine rings is 1. The number of benzene rings is 2. The van der Waals surface area contributed by atoms with Crippen molar-refractivity contribution in [2.45, 2.75) is 6.54 Å². The molecular weight excluding hydrogens is 373 g/mol. The van der Waals surface area contributed by atoms with Crippen LogP contribution < -0.4 is 10.1 Å². The zero-order chi connectivity index (χ0) is 20.1. The van der Waals surface area contributed by atoms with Crippen LogP contribution in [0.5, 0.6) is 11.5 Å². The highest BCUT2D eigenvalue weighted by Gasteiger charge is 2.21. The molecule has 1 fully saturated rings. The van der Waals surface area contributed by atoms with E-state index in [1.54, 1.807) is 41.4 Å². The van der Waals surface area contributed by atoms with Gasteiger partial charge in [0.1, 0.15) is 11.6 Å². The Balaban J connectivity index is 1.32. The number of carbonyl (C=O) groups excluding carboxylic acids is 1. The molecule has 2 N–H and O–H groups in total. The molecule has 4 rings (SSSR count). The van der Waals surface area contributed by atoms with Crippen molar-refractivity contribution in [2.24, 2.45) is 0 Å². The first-order valence-corrected chi connectivity index (χ1v) is 9.46. The number of hydrogen-bond donors (Lipinski definition) is 2. The van der Waals surface area contributed by atoms with Crippen LogP contribution >= 0.6 is 0 Å². The minimum atomic E-state index is -0.391. The van der Waals surface area contributed by atoms with E-state index in [1.807, 2.05) is 18.2 Å². The van der Waals surface area contributed by atoms with Gasteiger partial charge in [-0.25, -0.2) is 9.18 Å². The number of carbonyl (C=O) groups is 1. The monoisotopic (exact) mass is 395 g/mol. The maximum absolute atomic E-state index is 14.1. The van der Waals surface area contributed by atoms with Crippen LogP contribution in [-0.2, 0) is 6.54 Å². The number of rotatable bonds is 5. The van der Waals surface area contributed by atoms with Crippen molar-refractivity contribution in [3.05, 3.63) is 72.2 Å². The minimum Gasteiger partial charge on any atom is -0.454 e. The molecule has 29 heavy (non-hydrogen) atoms. The van der Waals surface area contributed by atoms with Gasteiger partial charge in [0.15, 0.2) is 11.6 Å². The van der Waals surface area contributed by atoms with Crippen molar-refractivity contribution >= 4 is 11.8 Å². The molecule has 3 aromatic rings. The summed E-state index contributed by atoms with van der Waals surface area (Å²) in [6.07, 6.45) is 1.59. The predicted octanol–water partition coefficient (Wildman–Crippen LogP) is 3.69. The summed E-state index contributed by atoms with van der Waals surface area (Å²) in [5, 5.41) is 9.31. The van der Waals surface area contributed by atoms with Gasteiger partial charge >= 0.3 is 6.03 Å². The molecule has 2 amide bonds. The van der Waals surface area contributed by atoms with Gasteiger partial charge in [-0.2, -0.15) is 5.10 Å². The van der Waals surface area contributed by atoms with Gasteiger partial charge in [-0.05, 0) is 29.8 Å². The molecule has 1 saturated heterocycles. The highest BCUT2D eigenvalue weighted by atomic mass is 19.1. The molecule has 150 valence electrons. The second kappa shape index (κ2) is 8.74. The number of halogens is 1. The van der Waals surface area contributed by atoms with Crippen molar-refractivity contribution < 1.29 is 13.9 Å². The summed E-state index contributed by atoms with van der Waals surface area (Å²) in [4.78, 5) is 16.3. The fraction of sp³-hybridized carbons (Fsp3) is 0.238. The molecule has 7 nitrogen and oxygen atoms in total. The molecule has 0 bridgehead atoms.